The highest BCUT2D eigenvalue weighted by Crippen LogP contribution is 2.46. The zero-order chi connectivity index (χ0) is 47.0. The summed E-state index contributed by atoms with van der Waals surface area (Å²) >= 11 is 1.89. The van der Waals surface area contributed by atoms with E-state index < -0.39 is 0 Å². The number of fused-ring (bicyclic) bond motifs is 12. The molecule has 0 saturated carbocycles. The van der Waals surface area contributed by atoms with Crippen LogP contribution in [0.4, 0.5) is 0 Å². The highest BCUT2D eigenvalue weighted by atomic mass is 32.1. The zero-order valence-corrected chi connectivity index (χ0v) is 40.0. The van der Waals surface area contributed by atoms with Gasteiger partial charge in [-0.2, -0.15) is 0 Å². The van der Waals surface area contributed by atoms with Crippen molar-refractivity contribution in [2.24, 2.45) is 0 Å². The van der Waals surface area contributed by atoms with Crippen LogP contribution in [0, 0.1) is 6.92 Å². The molecular formula is C66H46N4S. The smallest absolute Gasteiger partial charge is 0.163 e. The quantitative estimate of drug-likeness (QED) is 0.143. The topological polar surface area (TPSA) is 43.6 Å². The fourth-order valence-corrected chi connectivity index (χ4v) is 12.8. The normalized spacial score (nSPS) is 13.8. The summed E-state index contributed by atoms with van der Waals surface area (Å²) in [6.07, 6.45) is 11.0. The lowest BCUT2D eigenvalue weighted by Crippen LogP contribution is -2.10. The van der Waals surface area contributed by atoms with Gasteiger partial charge < -0.3 is 4.57 Å². The summed E-state index contributed by atoms with van der Waals surface area (Å²) in [5.74, 6) is 2.44. The summed E-state index contributed by atoms with van der Waals surface area (Å²) in [7, 11) is 0. The van der Waals surface area contributed by atoms with Crippen LogP contribution in [-0.2, 0) is 12.8 Å². The minimum absolute atomic E-state index is 0.0865. The molecule has 14 rings (SSSR count). The lowest BCUT2D eigenvalue weighted by Gasteiger charge is -2.17. The van der Waals surface area contributed by atoms with Crippen molar-refractivity contribution in [1.82, 2.24) is 19.5 Å². The largest absolute Gasteiger partial charge is 0.308 e. The molecule has 336 valence electrons. The van der Waals surface area contributed by atoms with Crippen LogP contribution in [0.25, 0.3) is 114 Å². The van der Waals surface area contributed by atoms with Crippen LogP contribution in [-0.4, -0.2) is 19.5 Å². The van der Waals surface area contributed by atoms with E-state index in [0.29, 0.717) is 6.42 Å². The molecule has 0 radical (unpaired) electrons. The van der Waals surface area contributed by atoms with E-state index in [1.54, 1.807) is 0 Å². The van der Waals surface area contributed by atoms with Gasteiger partial charge in [-0.1, -0.05) is 194 Å². The van der Waals surface area contributed by atoms with Gasteiger partial charge in [0.2, 0.25) is 0 Å². The van der Waals surface area contributed by atoms with Gasteiger partial charge in [-0.15, -0.1) is 11.3 Å². The molecule has 0 bridgehead atoms. The van der Waals surface area contributed by atoms with Gasteiger partial charge in [0, 0.05) is 44.1 Å². The Morgan fingerprint density at radius 2 is 1.18 bits per heavy atom. The molecule has 0 spiro atoms. The fraction of sp³-hybridized carbons (Fsp3) is 0.0758. The Morgan fingerprint density at radius 1 is 0.507 bits per heavy atom. The maximum atomic E-state index is 5.29. The lowest BCUT2D eigenvalue weighted by atomic mass is 9.92. The zero-order valence-electron chi connectivity index (χ0n) is 39.2. The summed E-state index contributed by atoms with van der Waals surface area (Å²) in [4.78, 5) is 15.8. The molecule has 3 aromatic heterocycles. The Morgan fingerprint density at radius 3 is 1.99 bits per heavy atom. The summed E-state index contributed by atoms with van der Waals surface area (Å²) in [6, 6.07) is 71.1. The Bertz CT molecular complexity index is 4310. The molecule has 0 N–H and O–H groups in total. The average molecular weight is 927 g/mol. The molecule has 3 heterocycles. The van der Waals surface area contributed by atoms with Crippen molar-refractivity contribution in [1.29, 1.82) is 0 Å². The van der Waals surface area contributed by atoms with Crippen LogP contribution < -0.4 is 0 Å². The molecule has 0 amide bonds. The first-order chi connectivity index (χ1) is 35.1. The monoisotopic (exact) mass is 926 g/mol. The van der Waals surface area contributed by atoms with Gasteiger partial charge in [0.1, 0.15) is 11.6 Å². The molecule has 71 heavy (non-hydrogen) atoms. The number of hydrogen-bond donors (Lipinski definition) is 0. The van der Waals surface area contributed by atoms with Crippen LogP contribution in [0.5, 0.6) is 0 Å². The SMILES string of the molecule is Cc1c(-c2ccccc2CCc2nc(-c3ccc4c5ccccc5c5ccccc5c4c3)nc(C3C=CC=CC3)n2)ccc2c3ccccc3n(-c3cccc4c3sc3cccc(-c5ccccc5)c34)c12. The maximum absolute atomic E-state index is 5.29. The number of para-hydroxylation sites is 1. The Hall–Kier alpha value is -8.51. The van der Waals surface area contributed by atoms with E-state index in [1.165, 1.54) is 113 Å². The van der Waals surface area contributed by atoms with Gasteiger partial charge in [-0.05, 0) is 110 Å². The van der Waals surface area contributed by atoms with E-state index in [4.69, 9.17) is 15.0 Å². The van der Waals surface area contributed by atoms with E-state index in [9.17, 15) is 0 Å². The molecule has 5 heteroatoms. The highest BCUT2D eigenvalue weighted by molar-refractivity contribution is 7.26. The van der Waals surface area contributed by atoms with E-state index in [1.807, 2.05) is 11.3 Å². The second kappa shape index (κ2) is 16.9. The van der Waals surface area contributed by atoms with Crippen LogP contribution in [0.1, 0.15) is 35.1 Å². The molecule has 10 aromatic carbocycles. The van der Waals surface area contributed by atoms with Gasteiger partial charge in [0.25, 0.3) is 0 Å². The van der Waals surface area contributed by atoms with Crippen molar-refractivity contribution in [2.45, 2.75) is 32.1 Å². The van der Waals surface area contributed by atoms with Crippen molar-refractivity contribution in [3.8, 4) is 39.3 Å². The molecule has 1 aliphatic rings. The molecule has 1 aliphatic carbocycles. The minimum Gasteiger partial charge on any atom is -0.308 e. The van der Waals surface area contributed by atoms with E-state index >= 15 is 0 Å². The highest BCUT2D eigenvalue weighted by Gasteiger charge is 2.23. The van der Waals surface area contributed by atoms with Gasteiger partial charge >= 0.3 is 0 Å². The number of aryl methyl sites for hydroxylation is 3. The first kappa shape index (κ1) is 41.5. The maximum Gasteiger partial charge on any atom is 0.163 e. The molecule has 13 aromatic rings. The van der Waals surface area contributed by atoms with Crippen molar-refractivity contribution < 1.29 is 0 Å². The predicted molar refractivity (Wildman–Crippen MR) is 300 cm³/mol. The van der Waals surface area contributed by atoms with E-state index in [0.717, 1.165) is 35.9 Å². The Labute approximate surface area is 415 Å². The number of allylic oxidation sites excluding steroid dienone is 4. The summed E-state index contributed by atoms with van der Waals surface area (Å²) in [5.41, 5.74) is 12.2. The van der Waals surface area contributed by atoms with Crippen molar-refractivity contribution >= 4 is 85.6 Å². The van der Waals surface area contributed by atoms with Crippen LogP contribution in [0.2, 0.25) is 0 Å². The van der Waals surface area contributed by atoms with Gasteiger partial charge in [0.15, 0.2) is 5.82 Å². The van der Waals surface area contributed by atoms with Crippen LogP contribution >= 0.6 is 11.3 Å². The van der Waals surface area contributed by atoms with Crippen LogP contribution in [0.15, 0.2) is 218 Å². The molecule has 0 fully saturated rings. The predicted octanol–water partition coefficient (Wildman–Crippen LogP) is 17.5. The summed E-state index contributed by atoms with van der Waals surface area (Å²) in [5, 5.41) is 12.6. The first-order valence-corrected chi connectivity index (χ1v) is 25.5. The molecule has 4 nitrogen and oxygen atoms in total. The van der Waals surface area contributed by atoms with Gasteiger partial charge in [0.05, 0.1) is 21.4 Å². The third kappa shape index (κ3) is 6.83. The molecule has 0 saturated heterocycles. The van der Waals surface area contributed by atoms with Crippen LogP contribution in [0.3, 0.4) is 0 Å². The first-order valence-electron chi connectivity index (χ1n) is 24.7. The third-order valence-corrected chi connectivity index (χ3v) is 16.0. The Balaban J connectivity index is 0.876. The number of rotatable bonds is 8. The fourth-order valence-electron chi connectivity index (χ4n) is 11.5. The number of thiophene rings is 1. The summed E-state index contributed by atoms with van der Waals surface area (Å²) in [6.45, 7) is 2.31. The number of aromatic nitrogens is 4. The molecule has 1 unspecified atom stereocenters. The Kier molecular flexibility index (Phi) is 9.85. The van der Waals surface area contributed by atoms with E-state index in [2.05, 4.69) is 230 Å². The lowest BCUT2D eigenvalue weighted by molar-refractivity contribution is 0.727. The number of hydrogen-bond acceptors (Lipinski definition) is 4. The third-order valence-electron chi connectivity index (χ3n) is 14.9. The van der Waals surface area contributed by atoms with Gasteiger partial charge in [-0.25, -0.2) is 15.0 Å². The van der Waals surface area contributed by atoms with Crippen molar-refractivity contribution in [3.05, 3.63) is 241 Å². The number of benzene rings is 10. The second-order valence-electron chi connectivity index (χ2n) is 18.9. The molecular weight excluding hydrogens is 881 g/mol. The molecule has 1 atom stereocenters. The van der Waals surface area contributed by atoms with Crippen molar-refractivity contribution in [2.75, 3.05) is 0 Å². The molecule has 0 aliphatic heterocycles. The van der Waals surface area contributed by atoms with Gasteiger partial charge in [-0.3, -0.25) is 0 Å². The van der Waals surface area contributed by atoms with Crippen molar-refractivity contribution in [3.63, 3.8) is 0 Å². The average Bonchev–Trinajstić information content (AvgIpc) is 4.00. The second-order valence-corrected chi connectivity index (χ2v) is 19.9. The number of nitrogens with zero attached hydrogens (tertiary/aromatic N) is 4. The summed E-state index contributed by atoms with van der Waals surface area (Å²) < 4.78 is 5.12. The minimum atomic E-state index is 0.0865. The standard InChI is InChI=1S/C66H46N4S/c1-41-46(37-38-55-54-28-14-15-31-58(54)70(63(41)55)59-32-16-30-56-62-48(42-18-4-2-5-19-42)29-17-33-60(62)71-64(56)59)47-23-9-8-20-43(47)35-39-61-67-65(44-21-6-3-7-22-44)69-66(68-61)45-34-36-53-51-26-11-10-24-49(51)50-25-12-13-27-52(50)57(53)40-45/h2-21,23-34,36-38,40,44H,22,35,39H2,1H3. The van der Waals surface area contributed by atoms with E-state index in [-0.39, 0.29) is 5.92 Å².